The molecule has 0 amide bonds. The second-order valence-electron chi connectivity index (χ2n) is 12.9. The van der Waals surface area contributed by atoms with E-state index in [9.17, 15) is 10.2 Å². The molecular formula is C34H45MoNO2-2. The molecule has 2 N–H and O–H groups in total. The van der Waals surface area contributed by atoms with Gasteiger partial charge < -0.3 is 5.32 Å². The molecule has 0 bridgehead atoms. The van der Waals surface area contributed by atoms with Crippen molar-refractivity contribution in [1.82, 2.24) is 0 Å². The van der Waals surface area contributed by atoms with Gasteiger partial charge in [-0.2, -0.15) is 14.1 Å². The molecule has 0 saturated heterocycles. The van der Waals surface area contributed by atoms with E-state index in [1.54, 1.807) is 14.1 Å². The van der Waals surface area contributed by atoms with Gasteiger partial charge in [0.05, 0.1) is 0 Å². The van der Waals surface area contributed by atoms with Gasteiger partial charge in [-0.1, -0.05) is 0 Å². The Kier molecular flexibility index (Phi) is 10.3. The Morgan fingerprint density at radius 2 is 0.947 bits per heavy atom. The van der Waals surface area contributed by atoms with E-state index in [0.717, 1.165) is 38.9 Å². The topological polar surface area (TPSA) is 54.6 Å². The second-order valence-corrected chi connectivity index (χ2v) is 14.0. The Morgan fingerprint density at radius 1 is 0.632 bits per heavy atom. The molecule has 0 radical (unpaired) electrons. The summed E-state index contributed by atoms with van der Waals surface area (Å²) < 4.78 is 1.24. The van der Waals surface area contributed by atoms with Gasteiger partial charge >= 0.3 is 223 Å². The van der Waals surface area contributed by atoms with E-state index in [0.29, 0.717) is 11.5 Å². The van der Waals surface area contributed by atoms with Crippen LogP contribution in [0.5, 0.6) is 11.5 Å². The van der Waals surface area contributed by atoms with E-state index in [4.69, 9.17) is 0 Å². The molecule has 3 aromatic carbocycles. The van der Waals surface area contributed by atoms with Crippen LogP contribution in [-0.2, 0) is 30.2 Å². The van der Waals surface area contributed by atoms with Crippen molar-refractivity contribution < 1.29 is 29.6 Å². The Bertz CT molecular complexity index is 1190. The first kappa shape index (κ1) is 31.9. The quantitative estimate of drug-likeness (QED) is 0.234. The van der Waals surface area contributed by atoms with Crippen LogP contribution in [-0.4, -0.2) is 28.2 Å². The number of benzene rings is 3. The second kappa shape index (κ2) is 12.2. The third-order valence-electron chi connectivity index (χ3n) is 6.39. The molecule has 38 heavy (non-hydrogen) atoms. The third-order valence-corrected chi connectivity index (χ3v) is 8.18. The average Bonchev–Trinajstić information content (AvgIpc) is 2.78. The Labute approximate surface area is 242 Å². The monoisotopic (exact) mass is 597 g/mol. The predicted molar refractivity (Wildman–Crippen MR) is 161 cm³/mol. The first-order valence-electron chi connectivity index (χ1n) is 13.1. The van der Waals surface area contributed by atoms with Crippen LogP contribution < -0.4 is 0 Å². The molecule has 0 fully saturated rings. The van der Waals surface area contributed by atoms with Gasteiger partial charge in [0.15, 0.2) is 0 Å². The Morgan fingerprint density at radius 3 is 1.26 bits per heavy atom. The molecule has 3 rings (SSSR count). The number of hydrogen-bond donors (Lipinski definition) is 2. The van der Waals surface area contributed by atoms with E-state index in [1.807, 2.05) is 42.5 Å². The first-order chi connectivity index (χ1) is 17.4. The summed E-state index contributed by atoms with van der Waals surface area (Å²) in [6.07, 6.45) is 2.22. The molecule has 0 saturated carbocycles. The molecule has 0 atom stereocenters. The number of hydrogen-bond acceptors (Lipinski definition) is 2. The van der Waals surface area contributed by atoms with Crippen LogP contribution in [0.3, 0.4) is 0 Å². The predicted octanol–water partition coefficient (Wildman–Crippen LogP) is 8.96. The van der Waals surface area contributed by atoms with Gasteiger partial charge in [-0.25, -0.2) is 0 Å². The minimum Gasteiger partial charge on any atom is -0.668 e. The van der Waals surface area contributed by atoms with Gasteiger partial charge in [0.25, 0.3) is 0 Å². The molecule has 0 aliphatic rings. The van der Waals surface area contributed by atoms with Gasteiger partial charge in [0.2, 0.25) is 0 Å². The summed E-state index contributed by atoms with van der Waals surface area (Å²) in [6, 6.07) is 18.2. The van der Waals surface area contributed by atoms with Crippen molar-refractivity contribution in [3.8, 4) is 33.8 Å². The Hall–Kier alpha value is -2.35. The van der Waals surface area contributed by atoms with Gasteiger partial charge in [0.1, 0.15) is 0 Å². The normalized spacial score (nSPS) is 12.0. The number of phenols is 2. The van der Waals surface area contributed by atoms with E-state index < -0.39 is 0 Å². The van der Waals surface area contributed by atoms with Crippen LogP contribution in [0, 0.1) is 11.8 Å². The summed E-state index contributed by atoms with van der Waals surface area (Å²) in [5.74, 6) is 0.627. The summed E-state index contributed by atoms with van der Waals surface area (Å²) in [5.41, 5.74) is 5.98. The van der Waals surface area contributed by atoms with Crippen LogP contribution in [0.1, 0.15) is 79.0 Å². The third kappa shape index (κ3) is 7.39. The molecule has 0 aliphatic heterocycles. The molecule has 0 unspecified atom stereocenters. The smallest absolute Gasteiger partial charge is 0.162 e. The van der Waals surface area contributed by atoms with Crippen LogP contribution in [0.2, 0.25) is 0 Å². The maximum atomic E-state index is 11.4. The minimum atomic E-state index is -0.186. The summed E-state index contributed by atoms with van der Waals surface area (Å²) >= 11 is 2.06. The van der Waals surface area contributed by atoms with E-state index in [-0.39, 0.29) is 16.2 Å². The maximum Gasteiger partial charge on any atom is -0.162 e. The summed E-state index contributed by atoms with van der Waals surface area (Å²) in [4.78, 5) is 0. The molecule has 206 valence electrons. The van der Waals surface area contributed by atoms with Crippen LogP contribution >= 0.6 is 0 Å². The zero-order valence-electron chi connectivity index (χ0n) is 25.0. The molecule has 3 nitrogen and oxygen atoms in total. The zero-order valence-corrected chi connectivity index (χ0v) is 27.0. The number of phenolic OH excluding ortho intramolecular Hbond substituents is 2. The summed E-state index contributed by atoms with van der Waals surface area (Å²) in [6.45, 7) is 19.3. The SMILES string of the molecule is CC(C)(C)[C](=[Mo])[CH-]c1c(-c2cccc(C(C)(C)C)c2O)cccc1-c1cccc(C(C)(C)C)c1O.C[N-]C. The van der Waals surface area contributed by atoms with Crippen molar-refractivity contribution in [2.45, 2.75) is 73.1 Å². The van der Waals surface area contributed by atoms with Gasteiger partial charge in [0, 0.05) is 0 Å². The van der Waals surface area contributed by atoms with Gasteiger partial charge in [-0.05, 0) is 0 Å². The van der Waals surface area contributed by atoms with Crippen LogP contribution in [0.15, 0.2) is 54.6 Å². The van der Waals surface area contributed by atoms with E-state index in [1.165, 1.54) is 3.90 Å². The van der Waals surface area contributed by atoms with Gasteiger partial charge in [-0.3, -0.25) is 0 Å². The fraction of sp³-hybridized carbons (Fsp3) is 0.412. The van der Waals surface area contributed by atoms with Crippen molar-refractivity contribution in [3.63, 3.8) is 0 Å². The fourth-order valence-electron chi connectivity index (χ4n) is 4.27. The van der Waals surface area contributed by atoms with Crippen molar-refractivity contribution in [3.05, 3.63) is 83.0 Å². The van der Waals surface area contributed by atoms with Crippen molar-refractivity contribution in [2.24, 2.45) is 5.41 Å². The van der Waals surface area contributed by atoms with Crippen molar-refractivity contribution >= 4 is 3.90 Å². The number of rotatable bonds is 4. The molecule has 4 heteroatoms. The average molecular weight is 596 g/mol. The molecule has 0 heterocycles. The maximum absolute atomic E-state index is 11.4. The fourth-order valence-corrected chi connectivity index (χ4v) is 4.56. The van der Waals surface area contributed by atoms with Crippen LogP contribution in [0.25, 0.3) is 27.6 Å². The zero-order chi connectivity index (χ0) is 29.1. The van der Waals surface area contributed by atoms with E-state index >= 15 is 0 Å². The van der Waals surface area contributed by atoms with Crippen molar-refractivity contribution in [1.29, 1.82) is 0 Å². The first-order valence-corrected chi connectivity index (χ1v) is 14.1. The standard InChI is InChI=1S/C32H39O2.C2H6N.Mo/c1-30(2,3)20-19-23-21(24-15-11-17-26(28(24)33)31(4,5)6)13-10-14-22(23)25-16-12-18-27(29(25)34)32(7,8)9;1-3-2;/h10-19,33-34H,1-9H3;1-2H3;/q2*-1;. The Balaban J connectivity index is 0.00000161. The summed E-state index contributed by atoms with van der Waals surface area (Å²) in [5, 5.41) is 26.3. The number of para-hydroxylation sites is 2. The molecular weight excluding hydrogens is 550 g/mol. The van der Waals surface area contributed by atoms with Crippen LogP contribution in [0.4, 0.5) is 0 Å². The van der Waals surface area contributed by atoms with E-state index in [2.05, 4.69) is 106 Å². The number of nitrogens with zero attached hydrogens (tertiary/aromatic N) is 1. The largest absolute Gasteiger partial charge is 0.668 e. The minimum absolute atomic E-state index is 0.0144. The molecule has 0 aliphatic carbocycles. The molecule has 0 spiro atoms. The summed E-state index contributed by atoms with van der Waals surface area (Å²) in [7, 11) is 3.50. The molecule has 3 aromatic rings. The number of aromatic hydroxyl groups is 2. The molecule has 0 aromatic heterocycles. The van der Waals surface area contributed by atoms with Crippen molar-refractivity contribution in [2.75, 3.05) is 14.1 Å². The van der Waals surface area contributed by atoms with Gasteiger partial charge in [-0.15, -0.1) is 0 Å².